The van der Waals surface area contributed by atoms with Crippen LogP contribution in [0.5, 0.6) is 0 Å². The van der Waals surface area contributed by atoms with Gasteiger partial charge in [-0.3, -0.25) is 4.79 Å². The van der Waals surface area contributed by atoms with Gasteiger partial charge >= 0.3 is 0 Å². The van der Waals surface area contributed by atoms with Crippen molar-refractivity contribution < 1.29 is 4.79 Å². The topological polar surface area (TPSA) is 80.7 Å². The molecular weight excluding hydrogens is 301 g/mol. The maximum absolute atomic E-state index is 12.1. The Balaban J connectivity index is 2.24. The Morgan fingerprint density at radius 3 is 2.60 bits per heavy atom. The van der Waals surface area contributed by atoms with Crippen molar-refractivity contribution in [2.24, 2.45) is 0 Å². The molecule has 0 aliphatic rings. The predicted molar refractivity (Wildman–Crippen MR) is 76.1 cm³/mol. The van der Waals surface area contributed by atoms with E-state index < -0.39 is 5.91 Å². The summed E-state index contributed by atoms with van der Waals surface area (Å²) in [7, 11) is 0. The first-order chi connectivity index (χ1) is 9.47. The Labute approximate surface area is 125 Å². The molecule has 0 radical (unpaired) electrons. The fourth-order valence-electron chi connectivity index (χ4n) is 1.38. The second kappa shape index (κ2) is 6.11. The lowest BCUT2D eigenvalue weighted by molar-refractivity contribution is 0.102. The molecule has 0 bridgehead atoms. The number of hydrogen-bond acceptors (Lipinski definition) is 5. The van der Waals surface area contributed by atoms with E-state index in [0.29, 0.717) is 5.82 Å². The van der Waals surface area contributed by atoms with Crippen LogP contribution in [-0.4, -0.2) is 26.1 Å². The van der Waals surface area contributed by atoms with Gasteiger partial charge in [0, 0.05) is 5.92 Å². The van der Waals surface area contributed by atoms with Crippen molar-refractivity contribution in [3.63, 3.8) is 0 Å². The molecule has 1 N–H and O–H groups in total. The zero-order valence-corrected chi connectivity index (χ0v) is 12.3. The molecule has 0 aromatic carbocycles. The monoisotopic (exact) mass is 311 g/mol. The van der Waals surface area contributed by atoms with Crippen LogP contribution in [0.3, 0.4) is 0 Å². The van der Waals surface area contributed by atoms with Gasteiger partial charge in [0.15, 0.2) is 16.7 Å². The first kappa shape index (κ1) is 14.6. The minimum absolute atomic E-state index is 0.0918. The lowest BCUT2D eigenvalue weighted by Gasteiger charge is -2.08. The van der Waals surface area contributed by atoms with Crippen molar-refractivity contribution in [2.45, 2.75) is 19.8 Å². The zero-order valence-electron chi connectivity index (χ0n) is 10.8. The highest BCUT2D eigenvalue weighted by molar-refractivity contribution is 6.33. The standard InChI is InChI=1S/C12H11Cl2N5O/c1-6(2)11-15-5-7(13)10(17-11)12(20)16-9-4-3-8(14)18-19-9/h3-6H,1-2H3,(H,16,19,20). The molecule has 0 saturated carbocycles. The van der Waals surface area contributed by atoms with Crippen molar-refractivity contribution >= 4 is 34.9 Å². The molecule has 0 aliphatic heterocycles. The van der Waals surface area contributed by atoms with Crippen LogP contribution < -0.4 is 5.32 Å². The molecule has 8 heteroatoms. The molecule has 1 amide bonds. The van der Waals surface area contributed by atoms with E-state index in [4.69, 9.17) is 23.2 Å². The van der Waals surface area contributed by atoms with Crippen molar-refractivity contribution in [3.8, 4) is 0 Å². The minimum Gasteiger partial charge on any atom is -0.304 e. The van der Waals surface area contributed by atoms with E-state index in [0.717, 1.165) is 0 Å². The number of carbonyl (C=O) groups excluding carboxylic acids is 1. The Bertz CT molecular complexity index is 630. The molecule has 0 fully saturated rings. The zero-order chi connectivity index (χ0) is 14.7. The number of amides is 1. The highest BCUT2D eigenvalue weighted by Gasteiger charge is 2.16. The van der Waals surface area contributed by atoms with Crippen LogP contribution >= 0.6 is 23.2 Å². The van der Waals surface area contributed by atoms with E-state index in [-0.39, 0.29) is 27.6 Å². The number of carbonyl (C=O) groups is 1. The number of nitrogens with one attached hydrogen (secondary N) is 1. The second-order valence-corrected chi connectivity index (χ2v) is 5.07. The molecule has 2 rings (SSSR count). The lowest BCUT2D eigenvalue weighted by atomic mass is 10.2. The Hall–Kier alpha value is -1.79. The summed E-state index contributed by atoms with van der Waals surface area (Å²) in [6.45, 7) is 3.85. The summed E-state index contributed by atoms with van der Waals surface area (Å²) in [5, 5.41) is 10.3. The smallest absolute Gasteiger partial charge is 0.277 e. The van der Waals surface area contributed by atoms with Crippen LogP contribution in [0.2, 0.25) is 10.2 Å². The third kappa shape index (κ3) is 3.40. The quantitative estimate of drug-likeness (QED) is 0.942. The van der Waals surface area contributed by atoms with Gasteiger partial charge in [-0.25, -0.2) is 9.97 Å². The summed E-state index contributed by atoms with van der Waals surface area (Å²) in [4.78, 5) is 20.3. The Morgan fingerprint density at radius 2 is 2.00 bits per heavy atom. The fraction of sp³-hybridized carbons (Fsp3) is 0.250. The largest absolute Gasteiger partial charge is 0.304 e. The van der Waals surface area contributed by atoms with Crippen LogP contribution in [0.1, 0.15) is 36.1 Å². The molecular formula is C12H11Cl2N5O. The maximum Gasteiger partial charge on any atom is 0.277 e. The van der Waals surface area contributed by atoms with Crippen molar-refractivity contribution in [2.75, 3.05) is 5.32 Å². The van der Waals surface area contributed by atoms with Gasteiger partial charge in [0.2, 0.25) is 0 Å². The summed E-state index contributed by atoms with van der Waals surface area (Å²) < 4.78 is 0. The van der Waals surface area contributed by atoms with Crippen LogP contribution in [-0.2, 0) is 0 Å². The Kier molecular flexibility index (Phi) is 4.46. The van der Waals surface area contributed by atoms with E-state index in [9.17, 15) is 4.79 Å². The Morgan fingerprint density at radius 1 is 1.25 bits per heavy atom. The van der Waals surface area contributed by atoms with Crippen LogP contribution in [0.4, 0.5) is 5.82 Å². The lowest BCUT2D eigenvalue weighted by Crippen LogP contribution is -2.17. The van der Waals surface area contributed by atoms with Crippen molar-refractivity contribution in [1.29, 1.82) is 0 Å². The summed E-state index contributed by atoms with van der Waals surface area (Å²) in [5.74, 6) is 0.423. The molecule has 6 nitrogen and oxygen atoms in total. The third-order valence-electron chi connectivity index (χ3n) is 2.37. The molecule has 0 atom stereocenters. The van der Waals surface area contributed by atoms with Gasteiger partial charge in [-0.1, -0.05) is 37.0 Å². The van der Waals surface area contributed by atoms with Gasteiger partial charge in [-0.2, -0.15) is 0 Å². The average Bonchev–Trinajstić information content (AvgIpc) is 2.41. The van der Waals surface area contributed by atoms with E-state index in [1.54, 1.807) is 0 Å². The first-order valence-corrected chi connectivity index (χ1v) is 6.56. The first-order valence-electron chi connectivity index (χ1n) is 5.80. The third-order valence-corrected chi connectivity index (χ3v) is 2.85. The molecule has 0 unspecified atom stereocenters. The van der Waals surface area contributed by atoms with Gasteiger partial charge in [0.05, 0.1) is 11.2 Å². The SMILES string of the molecule is CC(C)c1ncc(Cl)c(C(=O)Nc2ccc(Cl)nn2)n1. The molecule has 2 heterocycles. The summed E-state index contributed by atoms with van der Waals surface area (Å²) in [6.07, 6.45) is 1.41. The number of rotatable bonds is 3. The van der Waals surface area contributed by atoms with Gasteiger partial charge in [0.25, 0.3) is 5.91 Å². The molecule has 0 aliphatic carbocycles. The predicted octanol–water partition coefficient (Wildman–Crippen LogP) is 2.95. The van der Waals surface area contributed by atoms with Gasteiger partial charge in [-0.15, -0.1) is 10.2 Å². The van der Waals surface area contributed by atoms with Gasteiger partial charge in [-0.05, 0) is 12.1 Å². The fourth-order valence-corrected chi connectivity index (χ4v) is 1.65. The molecule has 104 valence electrons. The minimum atomic E-state index is -0.476. The highest BCUT2D eigenvalue weighted by Crippen LogP contribution is 2.17. The maximum atomic E-state index is 12.1. The normalized spacial score (nSPS) is 10.7. The summed E-state index contributed by atoms with van der Waals surface area (Å²) in [5.41, 5.74) is 0.0992. The number of hydrogen-bond donors (Lipinski definition) is 1. The number of aromatic nitrogens is 4. The molecule has 0 spiro atoms. The van der Waals surface area contributed by atoms with Crippen molar-refractivity contribution in [1.82, 2.24) is 20.2 Å². The van der Waals surface area contributed by atoms with E-state index in [2.05, 4.69) is 25.5 Å². The number of nitrogens with zero attached hydrogens (tertiary/aromatic N) is 4. The van der Waals surface area contributed by atoms with E-state index in [1.165, 1.54) is 18.3 Å². The van der Waals surface area contributed by atoms with Crippen LogP contribution in [0.15, 0.2) is 18.3 Å². The van der Waals surface area contributed by atoms with Gasteiger partial charge < -0.3 is 5.32 Å². The second-order valence-electron chi connectivity index (χ2n) is 4.27. The summed E-state index contributed by atoms with van der Waals surface area (Å²) in [6, 6.07) is 3.05. The summed E-state index contributed by atoms with van der Waals surface area (Å²) >= 11 is 11.6. The van der Waals surface area contributed by atoms with E-state index >= 15 is 0 Å². The average molecular weight is 312 g/mol. The van der Waals surface area contributed by atoms with Crippen LogP contribution in [0.25, 0.3) is 0 Å². The molecule has 2 aromatic heterocycles. The molecule has 2 aromatic rings. The molecule has 20 heavy (non-hydrogen) atoms. The highest BCUT2D eigenvalue weighted by atomic mass is 35.5. The molecule has 0 saturated heterocycles. The van der Waals surface area contributed by atoms with Crippen LogP contribution in [0, 0.1) is 0 Å². The number of anilines is 1. The van der Waals surface area contributed by atoms with Crippen molar-refractivity contribution in [3.05, 3.63) is 40.0 Å². The number of halogens is 2. The van der Waals surface area contributed by atoms with Gasteiger partial charge in [0.1, 0.15) is 5.82 Å². The van der Waals surface area contributed by atoms with E-state index in [1.807, 2.05) is 13.8 Å².